The molecule has 0 spiro atoms. The van der Waals surface area contributed by atoms with Gasteiger partial charge in [-0.25, -0.2) is 0 Å². The van der Waals surface area contributed by atoms with Gasteiger partial charge in [0.2, 0.25) is 18.1 Å². The molecule has 0 bridgehead atoms. The van der Waals surface area contributed by atoms with Gasteiger partial charge < -0.3 is 10.2 Å². The van der Waals surface area contributed by atoms with Crippen molar-refractivity contribution in [3.8, 4) is 6.07 Å². The predicted molar refractivity (Wildman–Crippen MR) is 102 cm³/mol. The van der Waals surface area contributed by atoms with E-state index in [1.807, 2.05) is 19.9 Å². The molecule has 1 fully saturated rings. The average molecular weight is 367 g/mol. The fraction of sp³-hybridized carbons (Fsp3) is 0.429. The van der Waals surface area contributed by atoms with E-state index in [4.69, 9.17) is 0 Å². The summed E-state index contributed by atoms with van der Waals surface area (Å²) in [6, 6.07) is 6.90. The molecule has 0 saturated heterocycles. The monoisotopic (exact) mass is 367 g/mol. The highest BCUT2D eigenvalue weighted by Gasteiger charge is 2.32. The van der Waals surface area contributed by atoms with E-state index in [1.54, 1.807) is 19.1 Å². The minimum Gasteiger partial charge on any atom is -0.355 e. The molecule has 0 radical (unpaired) electrons. The van der Waals surface area contributed by atoms with Gasteiger partial charge in [0.15, 0.2) is 0 Å². The second kappa shape index (κ2) is 8.63. The van der Waals surface area contributed by atoms with Crippen molar-refractivity contribution in [2.24, 2.45) is 11.8 Å². The van der Waals surface area contributed by atoms with Gasteiger partial charge in [-0.3, -0.25) is 14.4 Å². The molecule has 6 nitrogen and oxygen atoms in total. The maximum absolute atomic E-state index is 13.4. The van der Waals surface area contributed by atoms with Gasteiger partial charge in [0.05, 0.1) is 11.6 Å². The summed E-state index contributed by atoms with van der Waals surface area (Å²) in [6.45, 7) is 5.84. The first-order chi connectivity index (χ1) is 12.8. The number of hydrogen-bond acceptors (Lipinski definition) is 4. The Kier molecular flexibility index (Phi) is 6.51. The normalized spacial score (nSPS) is 14.2. The summed E-state index contributed by atoms with van der Waals surface area (Å²) in [4.78, 5) is 39.1. The Morgan fingerprint density at radius 3 is 2.48 bits per heavy atom. The summed E-state index contributed by atoms with van der Waals surface area (Å²) in [5, 5.41) is 11.8. The first-order valence-corrected chi connectivity index (χ1v) is 9.07. The highest BCUT2D eigenvalue weighted by Crippen LogP contribution is 2.32. The molecular formula is C21H25N3O3. The molecule has 0 atom stereocenters. The lowest BCUT2D eigenvalue weighted by Crippen LogP contribution is -2.35. The Hall–Kier alpha value is -2.94. The molecular weight excluding hydrogens is 342 g/mol. The zero-order chi connectivity index (χ0) is 20.1. The Morgan fingerprint density at radius 2 is 2.00 bits per heavy atom. The third kappa shape index (κ3) is 4.82. The predicted octanol–water partition coefficient (Wildman–Crippen LogP) is 2.57. The number of amides is 2. The van der Waals surface area contributed by atoms with Crippen molar-refractivity contribution in [1.82, 2.24) is 10.2 Å². The Balaban J connectivity index is 2.65. The molecule has 1 N–H and O–H groups in total. The Morgan fingerprint density at radius 1 is 1.33 bits per heavy atom. The quantitative estimate of drug-likeness (QED) is 0.434. The van der Waals surface area contributed by atoms with Crippen LogP contribution >= 0.6 is 0 Å². The maximum Gasteiger partial charge on any atom is 0.249 e. The molecule has 2 amide bonds. The van der Waals surface area contributed by atoms with Crippen LogP contribution in [0.5, 0.6) is 0 Å². The summed E-state index contributed by atoms with van der Waals surface area (Å²) in [7, 11) is 1.50. The van der Waals surface area contributed by atoms with Crippen LogP contribution < -0.4 is 5.32 Å². The zero-order valence-corrected chi connectivity index (χ0v) is 16.2. The number of nitriles is 1. The SMILES string of the molecule is CNC(=O)/C(=C(/C(=O)c1cc(C)cc(C#N)c1)N(C=O)CC1CC1)C(C)C. The second-order valence-electron chi connectivity index (χ2n) is 7.23. The molecule has 1 aromatic carbocycles. The molecule has 1 aliphatic rings. The molecule has 1 aromatic rings. The second-order valence-corrected chi connectivity index (χ2v) is 7.23. The lowest BCUT2D eigenvalue weighted by molar-refractivity contribution is -0.118. The van der Waals surface area contributed by atoms with Crippen LogP contribution in [0.25, 0.3) is 0 Å². The number of ketones is 1. The van der Waals surface area contributed by atoms with Gasteiger partial charge in [-0.1, -0.05) is 13.8 Å². The number of likely N-dealkylation sites (N-methyl/N-ethyl adjacent to an activating group) is 1. The van der Waals surface area contributed by atoms with Gasteiger partial charge in [-0.2, -0.15) is 5.26 Å². The Labute approximate surface area is 159 Å². The van der Waals surface area contributed by atoms with Gasteiger partial charge >= 0.3 is 0 Å². The van der Waals surface area contributed by atoms with Crippen molar-refractivity contribution in [3.05, 3.63) is 46.2 Å². The van der Waals surface area contributed by atoms with Crippen molar-refractivity contribution >= 4 is 18.1 Å². The fourth-order valence-corrected chi connectivity index (χ4v) is 3.07. The van der Waals surface area contributed by atoms with Crippen LogP contribution in [0.1, 0.15) is 48.2 Å². The van der Waals surface area contributed by atoms with E-state index in [1.165, 1.54) is 18.0 Å². The van der Waals surface area contributed by atoms with Gasteiger partial charge in [0, 0.05) is 24.7 Å². The van der Waals surface area contributed by atoms with Crippen molar-refractivity contribution < 1.29 is 14.4 Å². The number of carbonyl (C=O) groups excluding carboxylic acids is 3. The number of carbonyl (C=O) groups is 3. The number of nitrogens with one attached hydrogen (secondary N) is 1. The Bertz CT molecular complexity index is 830. The third-order valence-electron chi connectivity index (χ3n) is 4.55. The van der Waals surface area contributed by atoms with Crippen LogP contribution in [0.3, 0.4) is 0 Å². The molecule has 27 heavy (non-hydrogen) atoms. The third-order valence-corrected chi connectivity index (χ3v) is 4.55. The van der Waals surface area contributed by atoms with E-state index in [0.717, 1.165) is 18.4 Å². The summed E-state index contributed by atoms with van der Waals surface area (Å²) in [6.07, 6.45) is 2.63. The summed E-state index contributed by atoms with van der Waals surface area (Å²) in [5.74, 6) is -0.714. The van der Waals surface area contributed by atoms with E-state index in [-0.39, 0.29) is 23.1 Å². The van der Waals surface area contributed by atoms with Crippen molar-refractivity contribution in [3.63, 3.8) is 0 Å². The van der Waals surface area contributed by atoms with Crippen LogP contribution in [-0.4, -0.2) is 36.6 Å². The van der Waals surface area contributed by atoms with Crippen LogP contribution in [0.4, 0.5) is 0 Å². The van der Waals surface area contributed by atoms with Gasteiger partial charge in [0.25, 0.3) is 0 Å². The number of rotatable bonds is 8. The van der Waals surface area contributed by atoms with E-state index in [0.29, 0.717) is 30.0 Å². The molecule has 0 aromatic heterocycles. The average Bonchev–Trinajstić information content (AvgIpc) is 3.46. The fourth-order valence-electron chi connectivity index (χ4n) is 3.07. The lowest BCUT2D eigenvalue weighted by Gasteiger charge is -2.25. The largest absolute Gasteiger partial charge is 0.355 e. The molecule has 1 saturated carbocycles. The van der Waals surface area contributed by atoms with Crippen LogP contribution in [0.2, 0.25) is 0 Å². The van der Waals surface area contributed by atoms with Gasteiger partial charge in [-0.15, -0.1) is 0 Å². The van der Waals surface area contributed by atoms with E-state index in [2.05, 4.69) is 5.32 Å². The first kappa shape index (κ1) is 20.4. The number of allylic oxidation sites excluding steroid dienone is 1. The maximum atomic E-state index is 13.4. The minimum absolute atomic E-state index is 0.0979. The standard InChI is InChI=1S/C21H25N3O3/c1-13(2)18(21(27)23-4)19(24(12-25)11-15-5-6-15)20(26)17-8-14(3)7-16(9-17)10-22/h7-9,12-13,15H,5-6,11H2,1-4H3,(H,23,27)/b19-18-. The molecule has 142 valence electrons. The summed E-state index contributed by atoms with van der Waals surface area (Å²) >= 11 is 0. The lowest BCUT2D eigenvalue weighted by atomic mass is 9.93. The number of hydrogen-bond donors (Lipinski definition) is 1. The smallest absolute Gasteiger partial charge is 0.249 e. The molecule has 1 aliphatic carbocycles. The van der Waals surface area contributed by atoms with Crippen LogP contribution in [-0.2, 0) is 9.59 Å². The van der Waals surface area contributed by atoms with Crippen LogP contribution in [0.15, 0.2) is 29.5 Å². The van der Waals surface area contributed by atoms with Gasteiger partial charge in [-0.05, 0) is 55.4 Å². The molecule has 0 heterocycles. The number of benzene rings is 1. The van der Waals surface area contributed by atoms with Crippen molar-refractivity contribution in [2.75, 3.05) is 13.6 Å². The highest BCUT2D eigenvalue weighted by molar-refractivity contribution is 6.14. The number of Topliss-reactive ketones (excluding diaryl/α,β-unsaturated/α-hetero) is 1. The van der Waals surface area contributed by atoms with E-state index in [9.17, 15) is 19.6 Å². The highest BCUT2D eigenvalue weighted by atomic mass is 16.2. The number of aryl methyl sites for hydroxylation is 1. The van der Waals surface area contributed by atoms with Crippen molar-refractivity contribution in [1.29, 1.82) is 5.26 Å². The molecule has 6 heteroatoms. The van der Waals surface area contributed by atoms with E-state index >= 15 is 0 Å². The molecule has 0 aliphatic heterocycles. The number of nitrogens with zero attached hydrogens (tertiary/aromatic N) is 2. The zero-order valence-electron chi connectivity index (χ0n) is 16.2. The first-order valence-electron chi connectivity index (χ1n) is 9.07. The summed E-state index contributed by atoms with van der Waals surface area (Å²) < 4.78 is 0. The summed E-state index contributed by atoms with van der Waals surface area (Å²) in [5.41, 5.74) is 1.80. The van der Waals surface area contributed by atoms with Crippen LogP contribution in [0, 0.1) is 30.1 Å². The minimum atomic E-state index is -0.421. The van der Waals surface area contributed by atoms with Crippen molar-refractivity contribution in [2.45, 2.75) is 33.6 Å². The molecule has 0 unspecified atom stereocenters. The topological polar surface area (TPSA) is 90.3 Å². The molecule has 2 rings (SSSR count). The van der Waals surface area contributed by atoms with Gasteiger partial charge in [0.1, 0.15) is 5.70 Å². The van der Waals surface area contributed by atoms with E-state index < -0.39 is 5.78 Å².